The summed E-state index contributed by atoms with van der Waals surface area (Å²) in [5.74, 6) is 3.11. The van der Waals surface area contributed by atoms with Crippen LogP contribution in [0.15, 0.2) is 36.5 Å². The Labute approximate surface area is 161 Å². The molecule has 1 saturated heterocycles. The van der Waals surface area contributed by atoms with Crippen LogP contribution < -0.4 is 16.0 Å². The van der Waals surface area contributed by atoms with Crippen LogP contribution in [0.3, 0.4) is 0 Å². The topological polar surface area (TPSA) is 78.9 Å². The van der Waals surface area contributed by atoms with Gasteiger partial charge >= 0.3 is 0 Å². The molecule has 0 saturated carbocycles. The molecule has 1 aliphatic rings. The maximum absolute atomic E-state index is 12.4. The van der Waals surface area contributed by atoms with Crippen molar-refractivity contribution in [1.29, 1.82) is 0 Å². The minimum Gasteiger partial charge on any atom is -0.350 e. The number of carbonyl (C=O) groups is 1. The normalized spacial score (nSPS) is 16.2. The molecular formula is C20H19N5OS. The summed E-state index contributed by atoms with van der Waals surface area (Å²) < 4.78 is 1.01. The smallest absolute Gasteiger partial charge is 0.251 e. The molecule has 0 bridgehead atoms. The molecule has 3 heterocycles. The first-order valence-electron chi connectivity index (χ1n) is 8.83. The summed E-state index contributed by atoms with van der Waals surface area (Å²) in [6.07, 6.45) is 9.33. The van der Waals surface area contributed by atoms with E-state index in [-0.39, 0.29) is 5.91 Å². The van der Waals surface area contributed by atoms with Crippen molar-refractivity contribution in [2.75, 3.05) is 18.4 Å². The van der Waals surface area contributed by atoms with Crippen molar-refractivity contribution in [2.45, 2.75) is 18.9 Å². The average Bonchev–Trinajstić information content (AvgIpc) is 3.34. The highest BCUT2D eigenvalue weighted by Gasteiger charge is 2.15. The largest absolute Gasteiger partial charge is 0.350 e. The van der Waals surface area contributed by atoms with Crippen molar-refractivity contribution in [3.63, 3.8) is 0 Å². The lowest BCUT2D eigenvalue weighted by Gasteiger charge is -2.11. The monoisotopic (exact) mass is 377 g/mol. The van der Waals surface area contributed by atoms with E-state index >= 15 is 0 Å². The highest BCUT2D eigenvalue weighted by Crippen LogP contribution is 2.28. The molecule has 6 nitrogen and oxygen atoms in total. The first-order chi connectivity index (χ1) is 13.2. The Bertz CT molecular complexity index is 1020. The minimum absolute atomic E-state index is 0.0999. The summed E-state index contributed by atoms with van der Waals surface area (Å²) in [7, 11) is 0. The molecule has 1 aromatic carbocycles. The van der Waals surface area contributed by atoms with Crippen LogP contribution in [0.2, 0.25) is 0 Å². The zero-order valence-electron chi connectivity index (χ0n) is 14.7. The van der Waals surface area contributed by atoms with Crippen molar-refractivity contribution >= 4 is 38.4 Å². The highest BCUT2D eigenvalue weighted by molar-refractivity contribution is 7.22. The van der Waals surface area contributed by atoms with E-state index in [1.54, 1.807) is 18.3 Å². The molecule has 3 N–H and O–H groups in total. The molecule has 1 atom stereocenters. The second-order valence-electron chi connectivity index (χ2n) is 6.40. The molecule has 27 heavy (non-hydrogen) atoms. The summed E-state index contributed by atoms with van der Waals surface area (Å²) >= 11 is 1.50. The average molecular weight is 377 g/mol. The Morgan fingerprint density at radius 2 is 2.30 bits per heavy atom. The van der Waals surface area contributed by atoms with E-state index in [9.17, 15) is 4.79 Å². The van der Waals surface area contributed by atoms with Gasteiger partial charge in [-0.3, -0.25) is 4.79 Å². The molecule has 1 aliphatic heterocycles. The van der Waals surface area contributed by atoms with E-state index in [2.05, 4.69) is 31.8 Å². The number of hydrogen-bond donors (Lipinski definition) is 3. The molecule has 1 amide bonds. The number of fused-ring (bicyclic) bond motifs is 1. The van der Waals surface area contributed by atoms with Crippen molar-refractivity contribution < 1.29 is 4.79 Å². The van der Waals surface area contributed by atoms with Crippen LogP contribution in [0.5, 0.6) is 0 Å². The van der Waals surface area contributed by atoms with Gasteiger partial charge in [-0.2, -0.15) is 0 Å². The number of anilines is 2. The maximum Gasteiger partial charge on any atom is 0.251 e. The molecule has 0 spiro atoms. The van der Waals surface area contributed by atoms with E-state index in [4.69, 9.17) is 6.42 Å². The van der Waals surface area contributed by atoms with Crippen molar-refractivity contribution in [1.82, 2.24) is 20.6 Å². The standard InChI is InChI=1S/C20H19N5OS/c1-2-13-5-6-16-17(10-13)27-20(24-16)25-18-11-14(7-9-22-18)19(26)23-12-15-4-3-8-21-15/h1,5-7,9-11,15,21H,3-4,8,12H2,(H,23,26)(H,22,24,25). The summed E-state index contributed by atoms with van der Waals surface area (Å²) in [4.78, 5) is 21.2. The minimum atomic E-state index is -0.0999. The van der Waals surface area contributed by atoms with Crippen LogP contribution in [0.1, 0.15) is 28.8 Å². The number of thiazole rings is 1. The molecule has 1 unspecified atom stereocenters. The Morgan fingerprint density at radius 1 is 1.37 bits per heavy atom. The molecule has 4 rings (SSSR count). The van der Waals surface area contributed by atoms with E-state index in [0.29, 0.717) is 29.1 Å². The Kier molecular flexibility index (Phi) is 5.01. The van der Waals surface area contributed by atoms with Crippen molar-refractivity contribution in [2.24, 2.45) is 0 Å². The SMILES string of the molecule is C#Cc1ccc2nc(Nc3cc(C(=O)NCC4CCCN4)ccn3)sc2c1. The first-order valence-corrected chi connectivity index (χ1v) is 9.65. The van der Waals surface area contributed by atoms with Crippen LogP contribution in [0, 0.1) is 12.3 Å². The Balaban J connectivity index is 1.45. The third kappa shape index (κ3) is 4.08. The fraction of sp³-hybridized carbons (Fsp3) is 0.250. The quantitative estimate of drug-likeness (QED) is 0.596. The van der Waals surface area contributed by atoms with E-state index < -0.39 is 0 Å². The molecular weight excluding hydrogens is 358 g/mol. The van der Waals surface area contributed by atoms with Gasteiger partial charge in [-0.25, -0.2) is 9.97 Å². The Hall–Kier alpha value is -2.95. The lowest BCUT2D eigenvalue weighted by atomic mass is 10.2. The van der Waals surface area contributed by atoms with Gasteiger partial charge in [0.1, 0.15) is 5.82 Å². The second-order valence-corrected chi connectivity index (χ2v) is 7.43. The van der Waals surface area contributed by atoms with Crippen molar-refractivity contribution in [3.8, 4) is 12.3 Å². The summed E-state index contributed by atoms with van der Waals surface area (Å²) in [6, 6.07) is 9.52. The van der Waals surface area contributed by atoms with E-state index in [1.165, 1.54) is 11.3 Å². The number of terminal acetylenes is 1. The number of nitrogens with one attached hydrogen (secondary N) is 3. The molecule has 0 radical (unpaired) electrons. The number of carbonyl (C=O) groups excluding carboxylic acids is 1. The van der Waals surface area contributed by atoms with Crippen LogP contribution in [-0.4, -0.2) is 35.0 Å². The predicted octanol–water partition coefficient (Wildman–Crippen LogP) is 2.90. The van der Waals surface area contributed by atoms with Gasteiger partial charge < -0.3 is 16.0 Å². The van der Waals surface area contributed by atoms with Gasteiger partial charge in [-0.1, -0.05) is 17.3 Å². The van der Waals surface area contributed by atoms with E-state index in [1.807, 2.05) is 18.2 Å². The van der Waals surface area contributed by atoms with E-state index in [0.717, 1.165) is 35.2 Å². The third-order valence-corrected chi connectivity index (χ3v) is 5.42. The zero-order chi connectivity index (χ0) is 18.6. The van der Waals surface area contributed by atoms with Gasteiger partial charge in [-0.15, -0.1) is 6.42 Å². The second kappa shape index (κ2) is 7.74. The summed E-state index contributed by atoms with van der Waals surface area (Å²) in [6.45, 7) is 1.66. The molecule has 0 aliphatic carbocycles. The summed E-state index contributed by atoms with van der Waals surface area (Å²) in [5.41, 5.74) is 2.27. The van der Waals surface area contributed by atoms with Crippen LogP contribution in [-0.2, 0) is 0 Å². The molecule has 7 heteroatoms. The van der Waals surface area contributed by atoms with Gasteiger partial charge in [0.05, 0.1) is 10.2 Å². The number of pyridine rings is 1. The summed E-state index contributed by atoms with van der Waals surface area (Å²) in [5, 5.41) is 10.2. The highest BCUT2D eigenvalue weighted by atomic mass is 32.1. The maximum atomic E-state index is 12.4. The van der Waals surface area contributed by atoms with Crippen molar-refractivity contribution in [3.05, 3.63) is 47.7 Å². The fourth-order valence-corrected chi connectivity index (χ4v) is 3.98. The van der Waals surface area contributed by atoms with Gasteiger partial charge in [0.25, 0.3) is 5.91 Å². The number of aromatic nitrogens is 2. The Morgan fingerprint density at radius 3 is 3.11 bits per heavy atom. The molecule has 1 fully saturated rings. The number of amides is 1. The number of nitrogens with zero attached hydrogens (tertiary/aromatic N) is 2. The molecule has 3 aromatic rings. The predicted molar refractivity (Wildman–Crippen MR) is 108 cm³/mol. The van der Waals surface area contributed by atoms with Gasteiger partial charge in [0.2, 0.25) is 0 Å². The first kappa shape index (κ1) is 17.5. The van der Waals surface area contributed by atoms with Crippen LogP contribution in [0.25, 0.3) is 10.2 Å². The molecule has 136 valence electrons. The lowest BCUT2D eigenvalue weighted by molar-refractivity contribution is 0.0950. The van der Waals surface area contributed by atoms with Crippen LogP contribution in [0.4, 0.5) is 10.9 Å². The van der Waals surface area contributed by atoms with Gasteiger partial charge in [0.15, 0.2) is 5.13 Å². The lowest BCUT2D eigenvalue weighted by Crippen LogP contribution is -2.37. The molecule has 2 aromatic heterocycles. The third-order valence-electron chi connectivity index (χ3n) is 4.48. The van der Waals surface area contributed by atoms with Gasteiger partial charge in [-0.05, 0) is 49.7 Å². The zero-order valence-corrected chi connectivity index (χ0v) is 15.5. The fourth-order valence-electron chi connectivity index (χ4n) is 3.07. The number of hydrogen-bond acceptors (Lipinski definition) is 6. The van der Waals surface area contributed by atoms with Gasteiger partial charge in [0, 0.05) is 29.9 Å². The van der Waals surface area contributed by atoms with Crippen LogP contribution >= 0.6 is 11.3 Å². The number of benzene rings is 1. The number of rotatable bonds is 5.